The van der Waals surface area contributed by atoms with Crippen molar-refractivity contribution in [3.8, 4) is 0 Å². The summed E-state index contributed by atoms with van der Waals surface area (Å²) in [6.07, 6.45) is 1.21. The van der Waals surface area contributed by atoms with Crippen LogP contribution in [0.15, 0.2) is 29.5 Å². The number of piperidine rings is 1. The highest BCUT2D eigenvalue weighted by molar-refractivity contribution is 5.95. The standard InChI is InChI=1S/C23H33N3O3/c1-6-29-22(27)20-19(13-26-11-15(3)9-16(4)12-26)24-23(28)25-21(20)18-10-14(2)7-8-17(18)5/h7-8,10,15-16,21H,6,9,11-13H2,1-5H3,(H2,24,25,28). The molecule has 2 heterocycles. The molecule has 158 valence electrons. The number of amides is 2. The number of rotatable bonds is 5. The smallest absolute Gasteiger partial charge is 0.338 e. The van der Waals surface area contributed by atoms with Gasteiger partial charge in [0.1, 0.15) is 0 Å². The van der Waals surface area contributed by atoms with Gasteiger partial charge in [0.25, 0.3) is 0 Å². The van der Waals surface area contributed by atoms with Crippen molar-refractivity contribution in [2.75, 3.05) is 26.2 Å². The van der Waals surface area contributed by atoms with Gasteiger partial charge in [0.15, 0.2) is 0 Å². The van der Waals surface area contributed by atoms with E-state index in [0.29, 0.717) is 36.3 Å². The quantitative estimate of drug-likeness (QED) is 0.744. The van der Waals surface area contributed by atoms with Gasteiger partial charge in [-0.1, -0.05) is 37.6 Å². The second-order valence-corrected chi connectivity index (χ2v) is 8.64. The van der Waals surface area contributed by atoms with Crippen molar-refractivity contribution < 1.29 is 14.3 Å². The number of carbonyl (C=O) groups excluding carboxylic acids is 2. The Morgan fingerprint density at radius 1 is 1.21 bits per heavy atom. The lowest BCUT2D eigenvalue weighted by molar-refractivity contribution is -0.139. The van der Waals surface area contributed by atoms with Crippen LogP contribution in [-0.2, 0) is 9.53 Å². The van der Waals surface area contributed by atoms with Crippen LogP contribution in [0.5, 0.6) is 0 Å². The Labute approximate surface area is 173 Å². The number of urea groups is 1. The zero-order chi connectivity index (χ0) is 21.1. The van der Waals surface area contributed by atoms with E-state index in [-0.39, 0.29) is 12.0 Å². The molecule has 1 aromatic carbocycles. The molecule has 0 aliphatic carbocycles. The van der Waals surface area contributed by atoms with Crippen molar-refractivity contribution in [2.45, 2.75) is 47.1 Å². The summed E-state index contributed by atoms with van der Waals surface area (Å²) in [4.78, 5) is 27.8. The summed E-state index contributed by atoms with van der Waals surface area (Å²) in [6, 6.07) is 5.30. The van der Waals surface area contributed by atoms with Crippen molar-refractivity contribution in [3.63, 3.8) is 0 Å². The zero-order valence-electron chi connectivity index (χ0n) is 18.2. The van der Waals surface area contributed by atoms with Crippen molar-refractivity contribution in [1.29, 1.82) is 0 Å². The number of esters is 1. The number of carbonyl (C=O) groups is 2. The number of benzene rings is 1. The van der Waals surface area contributed by atoms with Crippen LogP contribution in [0, 0.1) is 25.7 Å². The molecule has 3 atom stereocenters. The molecule has 1 fully saturated rings. The van der Waals surface area contributed by atoms with Crippen molar-refractivity contribution in [2.24, 2.45) is 11.8 Å². The largest absolute Gasteiger partial charge is 0.463 e. The molecule has 1 saturated heterocycles. The molecular weight excluding hydrogens is 366 g/mol. The van der Waals surface area contributed by atoms with Crippen molar-refractivity contribution >= 4 is 12.0 Å². The highest BCUT2D eigenvalue weighted by Crippen LogP contribution is 2.31. The lowest BCUT2D eigenvalue weighted by Gasteiger charge is -2.37. The topological polar surface area (TPSA) is 70.7 Å². The van der Waals surface area contributed by atoms with Crippen LogP contribution in [0.2, 0.25) is 0 Å². The van der Waals surface area contributed by atoms with Gasteiger partial charge in [-0.3, -0.25) is 4.90 Å². The molecule has 29 heavy (non-hydrogen) atoms. The van der Waals surface area contributed by atoms with Crippen LogP contribution in [0.1, 0.15) is 49.9 Å². The van der Waals surface area contributed by atoms with E-state index in [1.807, 2.05) is 32.0 Å². The van der Waals surface area contributed by atoms with Crippen LogP contribution in [0.3, 0.4) is 0 Å². The molecule has 2 aliphatic heterocycles. The van der Waals surface area contributed by atoms with E-state index in [0.717, 1.165) is 29.8 Å². The Hall–Kier alpha value is -2.34. The molecule has 1 aromatic rings. The molecule has 3 unspecified atom stereocenters. The van der Waals surface area contributed by atoms with Crippen LogP contribution in [0.4, 0.5) is 4.79 Å². The maximum atomic E-state index is 13.0. The van der Waals surface area contributed by atoms with Crippen LogP contribution < -0.4 is 10.6 Å². The zero-order valence-corrected chi connectivity index (χ0v) is 18.2. The summed E-state index contributed by atoms with van der Waals surface area (Å²) < 4.78 is 5.39. The average molecular weight is 400 g/mol. The number of likely N-dealkylation sites (tertiary alicyclic amines) is 1. The second-order valence-electron chi connectivity index (χ2n) is 8.64. The molecule has 3 rings (SSSR count). The molecule has 6 nitrogen and oxygen atoms in total. The van der Waals surface area contributed by atoms with Gasteiger partial charge in [-0.25, -0.2) is 9.59 Å². The van der Waals surface area contributed by atoms with E-state index in [1.54, 1.807) is 6.92 Å². The Bertz CT molecular complexity index is 808. The monoisotopic (exact) mass is 399 g/mol. The van der Waals surface area contributed by atoms with Gasteiger partial charge < -0.3 is 15.4 Å². The Morgan fingerprint density at radius 2 is 1.90 bits per heavy atom. The fraction of sp³-hybridized carbons (Fsp3) is 0.565. The summed E-state index contributed by atoms with van der Waals surface area (Å²) in [5, 5.41) is 5.85. The summed E-state index contributed by atoms with van der Waals surface area (Å²) in [7, 11) is 0. The van der Waals surface area contributed by atoms with E-state index in [9.17, 15) is 9.59 Å². The molecule has 0 bridgehead atoms. The summed E-state index contributed by atoms with van der Waals surface area (Å²) in [6.45, 7) is 13.1. The normalized spacial score (nSPS) is 25.4. The van der Waals surface area contributed by atoms with Crippen LogP contribution >= 0.6 is 0 Å². The van der Waals surface area contributed by atoms with E-state index >= 15 is 0 Å². The molecule has 0 spiro atoms. The van der Waals surface area contributed by atoms with Gasteiger partial charge in [0.2, 0.25) is 0 Å². The Balaban J connectivity index is 2.02. The molecule has 0 aromatic heterocycles. The lowest BCUT2D eigenvalue weighted by atomic mass is 9.89. The molecule has 2 amide bonds. The molecule has 0 radical (unpaired) electrons. The molecule has 2 aliphatic rings. The minimum absolute atomic E-state index is 0.280. The first-order valence-corrected chi connectivity index (χ1v) is 10.6. The molecule has 2 N–H and O–H groups in total. The maximum Gasteiger partial charge on any atom is 0.338 e. The first kappa shape index (κ1) is 21.4. The first-order chi connectivity index (χ1) is 13.8. The number of hydrogen-bond donors (Lipinski definition) is 2. The number of nitrogens with zero attached hydrogens (tertiary/aromatic N) is 1. The highest BCUT2D eigenvalue weighted by Gasteiger charge is 2.35. The predicted octanol–water partition coefficient (Wildman–Crippen LogP) is 3.45. The van der Waals surface area contributed by atoms with Gasteiger partial charge >= 0.3 is 12.0 Å². The van der Waals surface area contributed by atoms with Crippen molar-refractivity contribution in [1.82, 2.24) is 15.5 Å². The third-order valence-electron chi connectivity index (χ3n) is 5.72. The van der Waals surface area contributed by atoms with E-state index in [4.69, 9.17) is 4.74 Å². The third-order valence-corrected chi connectivity index (χ3v) is 5.72. The van der Waals surface area contributed by atoms with Gasteiger partial charge in [-0.2, -0.15) is 0 Å². The summed E-state index contributed by atoms with van der Waals surface area (Å²) in [5.74, 6) is 0.814. The van der Waals surface area contributed by atoms with Gasteiger partial charge in [0.05, 0.1) is 18.2 Å². The molecular formula is C23H33N3O3. The first-order valence-electron chi connectivity index (χ1n) is 10.6. The number of nitrogens with one attached hydrogen (secondary N) is 2. The lowest BCUT2D eigenvalue weighted by Crippen LogP contribution is -2.50. The van der Waals surface area contributed by atoms with Crippen LogP contribution in [-0.4, -0.2) is 43.1 Å². The minimum atomic E-state index is -0.516. The fourth-order valence-corrected chi connectivity index (χ4v) is 4.64. The maximum absolute atomic E-state index is 13.0. The SMILES string of the molecule is CCOC(=O)C1=C(CN2CC(C)CC(C)C2)NC(=O)NC1c1cc(C)ccc1C. The van der Waals surface area contributed by atoms with E-state index in [2.05, 4.69) is 29.4 Å². The second kappa shape index (κ2) is 8.99. The summed E-state index contributed by atoms with van der Waals surface area (Å²) >= 11 is 0. The highest BCUT2D eigenvalue weighted by atomic mass is 16.5. The van der Waals surface area contributed by atoms with E-state index in [1.165, 1.54) is 6.42 Å². The molecule has 6 heteroatoms. The van der Waals surface area contributed by atoms with Crippen LogP contribution in [0.25, 0.3) is 0 Å². The Morgan fingerprint density at radius 3 is 2.55 bits per heavy atom. The van der Waals surface area contributed by atoms with Gasteiger partial charge in [0, 0.05) is 25.3 Å². The summed E-state index contributed by atoms with van der Waals surface area (Å²) in [5.41, 5.74) is 4.21. The third kappa shape index (κ3) is 4.99. The van der Waals surface area contributed by atoms with E-state index < -0.39 is 6.04 Å². The van der Waals surface area contributed by atoms with Crippen molar-refractivity contribution in [3.05, 3.63) is 46.2 Å². The Kier molecular flexibility index (Phi) is 6.63. The number of ether oxygens (including phenoxy) is 1. The number of aryl methyl sites for hydroxylation is 2. The van der Waals surface area contributed by atoms with Gasteiger partial charge in [-0.15, -0.1) is 0 Å². The fourth-order valence-electron chi connectivity index (χ4n) is 4.64. The average Bonchev–Trinajstić information content (AvgIpc) is 2.62. The van der Waals surface area contributed by atoms with Gasteiger partial charge in [-0.05, 0) is 50.2 Å². The number of hydrogen-bond acceptors (Lipinski definition) is 4. The minimum Gasteiger partial charge on any atom is -0.463 e. The molecule has 0 saturated carbocycles. The predicted molar refractivity (Wildman–Crippen MR) is 113 cm³/mol.